The maximum absolute atomic E-state index is 4.44. The molecule has 2 aromatic rings. The number of pyridine rings is 1. The number of hydrogen-bond acceptors (Lipinski definition) is 1. The van der Waals surface area contributed by atoms with Gasteiger partial charge in [-0.2, -0.15) is 0 Å². The molecule has 0 unspecified atom stereocenters. The van der Waals surface area contributed by atoms with Crippen LogP contribution in [0.25, 0.3) is 11.1 Å². The summed E-state index contributed by atoms with van der Waals surface area (Å²) in [6, 6.07) is 11.1. The third-order valence-electron chi connectivity index (χ3n) is 3.38. The fourth-order valence-electron chi connectivity index (χ4n) is 2.48. The number of benzene rings is 1. The van der Waals surface area contributed by atoms with Crippen LogP contribution < -0.4 is 0 Å². The highest BCUT2D eigenvalue weighted by Gasteiger charge is 2.04. The number of rotatable bonds is 3. The molecule has 0 fully saturated rings. The second-order valence-corrected chi connectivity index (χ2v) is 4.83. The molecule has 0 aliphatic heterocycles. The largest absolute Gasteiger partial charge is 0.258 e. The van der Waals surface area contributed by atoms with E-state index in [4.69, 9.17) is 0 Å². The molecule has 1 heterocycles. The minimum atomic E-state index is 1.09. The molecule has 0 spiro atoms. The summed E-state index contributed by atoms with van der Waals surface area (Å²) in [6.07, 6.45) is 2.21. The summed E-state index contributed by atoms with van der Waals surface area (Å²) in [5.41, 5.74) is 7.67. The van der Waals surface area contributed by atoms with Crippen molar-refractivity contribution < 1.29 is 0 Å². The van der Waals surface area contributed by atoms with Crippen molar-refractivity contribution in [3.05, 3.63) is 52.8 Å². The average molecular weight is 239 g/mol. The van der Waals surface area contributed by atoms with E-state index in [0.717, 1.165) is 24.2 Å². The summed E-state index contributed by atoms with van der Waals surface area (Å²) in [5, 5.41) is 0. The van der Waals surface area contributed by atoms with E-state index in [0.29, 0.717) is 0 Å². The third kappa shape index (κ3) is 2.61. The lowest BCUT2D eigenvalue weighted by atomic mass is 9.96. The molecule has 0 saturated carbocycles. The maximum atomic E-state index is 4.44. The van der Waals surface area contributed by atoms with Crippen LogP contribution >= 0.6 is 0 Å². The van der Waals surface area contributed by atoms with Gasteiger partial charge in [0.25, 0.3) is 0 Å². The molecule has 0 N–H and O–H groups in total. The molecule has 0 aliphatic rings. The second-order valence-electron chi connectivity index (χ2n) is 4.83. The van der Waals surface area contributed by atoms with Gasteiger partial charge in [0.15, 0.2) is 0 Å². The Balaban J connectivity index is 2.50. The van der Waals surface area contributed by atoms with Gasteiger partial charge in [-0.05, 0) is 61.1 Å². The van der Waals surface area contributed by atoms with E-state index in [-0.39, 0.29) is 0 Å². The molecule has 0 amide bonds. The maximum Gasteiger partial charge on any atom is 0.0382 e. The molecule has 1 heteroatoms. The number of nitrogens with zero attached hydrogens (tertiary/aromatic N) is 1. The lowest BCUT2D eigenvalue weighted by molar-refractivity contribution is 1.04. The second kappa shape index (κ2) is 5.34. The van der Waals surface area contributed by atoms with Crippen LogP contribution in [-0.4, -0.2) is 4.98 Å². The van der Waals surface area contributed by atoms with E-state index in [2.05, 4.69) is 63.0 Å². The molecule has 0 saturated heterocycles. The van der Waals surface area contributed by atoms with Crippen LogP contribution in [0.4, 0.5) is 0 Å². The quantitative estimate of drug-likeness (QED) is 0.769. The van der Waals surface area contributed by atoms with Crippen LogP contribution in [0.2, 0.25) is 0 Å². The highest BCUT2D eigenvalue weighted by Crippen LogP contribution is 2.24. The van der Waals surface area contributed by atoms with E-state index >= 15 is 0 Å². The third-order valence-corrected chi connectivity index (χ3v) is 3.38. The van der Waals surface area contributed by atoms with E-state index in [1.807, 2.05) is 0 Å². The zero-order valence-corrected chi connectivity index (χ0v) is 11.7. The predicted octanol–water partition coefficient (Wildman–Crippen LogP) is 4.49. The van der Waals surface area contributed by atoms with Gasteiger partial charge < -0.3 is 0 Å². The molecule has 2 rings (SSSR count). The van der Waals surface area contributed by atoms with Crippen molar-refractivity contribution in [3.8, 4) is 11.1 Å². The summed E-state index contributed by atoms with van der Waals surface area (Å²) in [6.45, 7) is 8.55. The van der Waals surface area contributed by atoms with Crippen molar-refractivity contribution in [1.29, 1.82) is 0 Å². The number of aryl methyl sites for hydroxylation is 4. The first-order chi connectivity index (χ1) is 8.63. The monoisotopic (exact) mass is 239 g/mol. The van der Waals surface area contributed by atoms with Crippen molar-refractivity contribution >= 4 is 0 Å². The molecule has 0 radical (unpaired) electrons. The van der Waals surface area contributed by atoms with E-state index in [9.17, 15) is 0 Å². The first kappa shape index (κ1) is 12.8. The zero-order chi connectivity index (χ0) is 13.1. The molecule has 0 bridgehead atoms. The standard InChI is InChI=1S/C17H21N/c1-5-14-7-8-16(11-15(14)6-2)17-9-12(3)18-13(4)10-17/h7-11H,5-6H2,1-4H3. The van der Waals surface area contributed by atoms with E-state index in [1.165, 1.54) is 22.3 Å². The Kier molecular flexibility index (Phi) is 3.81. The summed E-state index contributed by atoms with van der Waals surface area (Å²) < 4.78 is 0. The number of aromatic nitrogens is 1. The molecule has 0 aliphatic carbocycles. The lowest BCUT2D eigenvalue weighted by Crippen LogP contribution is -1.93. The molecule has 1 aromatic heterocycles. The van der Waals surface area contributed by atoms with Crippen molar-refractivity contribution in [2.75, 3.05) is 0 Å². The Labute approximate surface area is 110 Å². The van der Waals surface area contributed by atoms with Gasteiger partial charge in [0, 0.05) is 11.4 Å². The van der Waals surface area contributed by atoms with E-state index < -0.39 is 0 Å². The van der Waals surface area contributed by atoms with Gasteiger partial charge in [-0.1, -0.05) is 32.0 Å². The molecular formula is C17H21N. The van der Waals surface area contributed by atoms with Crippen molar-refractivity contribution in [3.63, 3.8) is 0 Å². The van der Waals surface area contributed by atoms with Crippen LogP contribution in [0.5, 0.6) is 0 Å². The first-order valence-corrected chi connectivity index (χ1v) is 6.71. The average Bonchev–Trinajstić information content (AvgIpc) is 2.36. The van der Waals surface area contributed by atoms with Gasteiger partial charge in [-0.3, -0.25) is 4.98 Å². The van der Waals surface area contributed by atoms with Crippen molar-refractivity contribution in [2.24, 2.45) is 0 Å². The Hall–Kier alpha value is -1.63. The molecular weight excluding hydrogens is 218 g/mol. The van der Waals surface area contributed by atoms with Crippen LogP contribution in [0.1, 0.15) is 36.4 Å². The van der Waals surface area contributed by atoms with Crippen LogP contribution in [0, 0.1) is 13.8 Å². The molecule has 94 valence electrons. The highest BCUT2D eigenvalue weighted by atomic mass is 14.7. The smallest absolute Gasteiger partial charge is 0.0382 e. The Bertz CT molecular complexity index is 535. The highest BCUT2D eigenvalue weighted by molar-refractivity contribution is 5.65. The van der Waals surface area contributed by atoms with Crippen LogP contribution in [0.15, 0.2) is 30.3 Å². The molecule has 18 heavy (non-hydrogen) atoms. The molecule has 0 atom stereocenters. The minimum Gasteiger partial charge on any atom is -0.258 e. The van der Waals surface area contributed by atoms with Crippen molar-refractivity contribution in [1.82, 2.24) is 4.98 Å². The number of hydrogen-bond donors (Lipinski definition) is 0. The SMILES string of the molecule is CCc1ccc(-c2cc(C)nc(C)c2)cc1CC. The Morgan fingerprint density at radius 2 is 1.39 bits per heavy atom. The summed E-state index contributed by atoms with van der Waals surface area (Å²) in [7, 11) is 0. The fourth-order valence-corrected chi connectivity index (χ4v) is 2.48. The van der Waals surface area contributed by atoms with Gasteiger partial charge in [-0.25, -0.2) is 0 Å². The molecule has 1 aromatic carbocycles. The molecule has 1 nitrogen and oxygen atoms in total. The summed E-state index contributed by atoms with van der Waals surface area (Å²) in [5.74, 6) is 0. The topological polar surface area (TPSA) is 12.9 Å². The first-order valence-electron chi connectivity index (χ1n) is 6.71. The Morgan fingerprint density at radius 3 is 1.94 bits per heavy atom. The Morgan fingerprint density at radius 1 is 0.778 bits per heavy atom. The van der Waals surface area contributed by atoms with Gasteiger partial charge in [0.05, 0.1) is 0 Å². The fraction of sp³-hybridized carbons (Fsp3) is 0.353. The van der Waals surface area contributed by atoms with Gasteiger partial charge in [0.2, 0.25) is 0 Å². The van der Waals surface area contributed by atoms with Gasteiger partial charge >= 0.3 is 0 Å². The lowest BCUT2D eigenvalue weighted by Gasteiger charge is -2.10. The van der Waals surface area contributed by atoms with Gasteiger partial charge in [-0.15, -0.1) is 0 Å². The van der Waals surface area contributed by atoms with Crippen molar-refractivity contribution in [2.45, 2.75) is 40.5 Å². The summed E-state index contributed by atoms with van der Waals surface area (Å²) >= 11 is 0. The van der Waals surface area contributed by atoms with Gasteiger partial charge in [0.1, 0.15) is 0 Å². The van der Waals surface area contributed by atoms with E-state index in [1.54, 1.807) is 0 Å². The normalized spacial score (nSPS) is 10.7. The van der Waals surface area contributed by atoms with Crippen LogP contribution in [0.3, 0.4) is 0 Å². The summed E-state index contributed by atoms with van der Waals surface area (Å²) in [4.78, 5) is 4.44. The minimum absolute atomic E-state index is 1.09. The zero-order valence-electron chi connectivity index (χ0n) is 11.7. The predicted molar refractivity (Wildman–Crippen MR) is 77.9 cm³/mol. The van der Waals surface area contributed by atoms with Crippen LogP contribution in [-0.2, 0) is 12.8 Å².